The van der Waals surface area contributed by atoms with Crippen LogP contribution in [-0.2, 0) is 20.1 Å². The van der Waals surface area contributed by atoms with E-state index >= 15 is 4.39 Å². The highest BCUT2D eigenvalue weighted by atomic mass is 32.2. The Bertz CT molecular complexity index is 1540. The SMILES string of the molecule is COc1cccc2cc(-c3ccc(F)c([C@]4(C)CS(=O)(=O)C(C)(C)C(=N)N4)c3)n(C(=O)OC(C)(C)C)c12. The van der Waals surface area contributed by atoms with E-state index in [9.17, 15) is 13.2 Å². The molecule has 1 fully saturated rings. The maximum absolute atomic E-state index is 15.3. The van der Waals surface area contributed by atoms with Gasteiger partial charge in [0.2, 0.25) is 0 Å². The largest absolute Gasteiger partial charge is 0.495 e. The van der Waals surface area contributed by atoms with Gasteiger partial charge in [-0.15, -0.1) is 0 Å². The zero-order valence-electron chi connectivity index (χ0n) is 22.0. The number of benzene rings is 2. The van der Waals surface area contributed by atoms with Gasteiger partial charge in [0.25, 0.3) is 0 Å². The van der Waals surface area contributed by atoms with Gasteiger partial charge in [-0.2, -0.15) is 0 Å². The normalized spacial score (nSPS) is 20.9. The fourth-order valence-corrected chi connectivity index (χ4v) is 6.24. The molecule has 2 heterocycles. The van der Waals surface area contributed by atoms with Crippen molar-refractivity contribution in [3.05, 3.63) is 53.8 Å². The van der Waals surface area contributed by atoms with E-state index in [4.69, 9.17) is 14.9 Å². The standard InChI is InChI=1S/C27H32FN3O5S/c1-25(2,3)36-24(32)31-20(14-17-9-8-10-21(35-7)22(17)31)16-11-12-19(28)18(13-16)27(6)15-37(33,34)26(4,5)23(29)30-27/h8-14H,15H2,1-7H3,(H2,29,30)/t27-/m0/s1. The number of nitrogens with one attached hydrogen (secondary N) is 2. The first-order valence-electron chi connectivity index (χ1n) is 11.8. The second kappa shape index (κ2) is 8.58. The van der Waals surface area contributed by atoms with Crippen molar-refractivity contribution in [1.82, 2.24) is 9.88 Å². The van der Waals surface area contributed by atoms with E-state index in [2.05, 4.69) is 5.32 Å². The Kier molecular flexibility index (Phi) is 6.18. The first-order chi connectivity index (χ1) is 17.0. The van der Waals surface area contributed by atoms with Gasteiger partial charge >= 0.3 is 6.09 Å². The Morgan fingerprint density at radius 1 is 1.14 bits per heavy atom. The third-order valence-electron chi connectivity index (χ3n) is 6.70. The minimum absolute atomic E-state index is 0.0711. The van der Waals surface area contributed by atoms with E-state index in [1.54, 1.807) is 45.9 Å². The van der Waals surface area contributed by atoms with E-state index in [0.29, 0.717) is 27.9 Å². The summed E-state index contributed by atoms with van der Waals surface area (Å²) in [7, 11) is -2.28. The molecule has 1 aromatic heterocycles. The number of nitrogens with zero attached hydrogens (tertiary/aromatic N) is 1. The topological polar surface area (TPSA) is 110 Å². The quantitative estimate of drug-likeness (QED) is 0.481. The fourth-order valence-electron chi connectivity index (χ4n) is 4.53. The van der Waals surface area contributed by atoms with Crippen molar-refractivity contribution >= 4 is 32.7 Å². The van der Waals surface area contributed by atoms with Crippen LogP contribution in [0.25, 0.3) is 22.2 Å². The van der Waals surface area contributed by atoms with Crippen molar-refractivity contribution in [3.8, 4) is 17.0 Å². The Morgan fingerprint density at radius 2 is 1.81 bits per heavy atom. The van der Waals surface area contributed by atoms with Gasteiger partial charge in [-0.1, -0.05) is 12.1 Å². The van der Waals surface area contributed by atoms with Crippen LogP contribution in [0.2, 0.25) is 0 Å². The Labute approximate surface area is 216 Å². The van der Waals surface area contributed by atoms with E-state index in [0.717, 1.165) is 0 Å². The molecule has 0 saturated carbocycles. The van der Waals surface area contributed by atoms with Crippen molar-refractivity contribution in [2.24, 2.45) is 0 Å². The summed E-state index contributed by atoms with van der Waals surface area (Å²) in [4.78, 5) is 13.4. The number of hydrogen-bond donors (Lipinski definition) is 2. The highest BCUT2D eigenvalue weighted by Crippen LogP contribution is 2.39. The average molecular weight is 530 g/mol. The molecule has 2 N–H and O–H groups in total. The Hall–Kier alpha value is -3.40. The zero-order chi connectivity index (χ0) is 27.6. The number of para-hydroxylation sites is 1. The molecule has 0 radical (unpaired) electrons. The van der Waals surface area contributed by atoms with E-state index < -0.39 is 43.4 Å². The summed E-state index contributed by atoms with van der Waals surface area (Å²) < 4.78 is 52.5. The number of carbonyl (C=O) groups is 1. The lowest BCUT2D eigenvalue weighted by molar-refractivity contribution is 0.0546. The van der Waals surface area contributed by atoms with Crippen LogP contribution in [0.4, 0.5) is 9.18 Å². The van der Waals surface area contributed by atoms with Gasteiger partial charge in [0, 0.05) is 10.9 Å². The molecule has 4 rings (SSSR count). The molecule has 0 unspecified atom stereocenters. The molecule has 1 aliphatic rings. The molecule has 8 nitrogen and oxygen atoms in total. The van der Waals surface area contributed by atoms with E-state index in [1.807, 2.05) is 6.07 Å². The number of methoxy groups -OCH3 is 1. The lowest BCUT2D eigenvalue weighted by Crippen LogP contribution is -2.64. The van der Waals surface area contributed by atoms with Gasteiger partial charge in [0.1, 0.15) is 33.3 Å². The maximum atomic E-state index is 15.3. The van der Waals surface area contributed by atoms with Crippen LogP contribution in [-0.4, -0.2) is 48.1 Å². The molecule has 37 heavy (non-hydrogen) atoms. The van der Waals surface area contributed by atoms with Crippen molar-refractivity contribution in [2.45, 2.75) is 57.4 Å². The van der Waals surface area contributed by atoms with Gasteiger partial charge < -0.3 is 14.8 Å². The minimum atomic E-state index is -3.78. The van der Waals surface area contributed by atoms with Crippen molar-refractivity contribution < 1.29 is 27.1 Å². The number of rotatable bonds is 3. The summed E-state index contributed by atoms with van der Waals surface area (Å²) in [6.07, 6.45) is -0.638. The number of sulfone groups is 1. The third kappa shape index (κ3) is 4.47. The molecule has 198 valence electrons. The number of hydrogen-bond acceptors (Lipinski definition) is 6. The van der Waals surface area contributed by atoms with Gasteiger partial charge in [-0.05, 0) is 77.4 Å². The molecule has 1 aliphatic heterocycles. The summed E-state index contributed by atoms with van der Waals surface area (Å²) in [5, 5.41) is 12.0. The minimum Gasteiger partial charge on any atom is -0.495 e. The highest BCUT2D eigenvalue weighted by Gasteiger charge is 2.51. The van der Waals surface area contributed by atoms with Crippen LogP contribution in [0.1, 0.15) is 47.1 Å². The molecule has 0 amide bonds. The van der Waals surface area contributed by atoms with Crippen LogP contribution in [0, 0.1) is 11.2 Å². The maximum Gasteiger partial charge on any atom is 0.419 e. The van der Waals surface area contributed by atoms with Gasteiger partial charge in [0.05, 0.1) is 24.1 Å². The van der Waals surface area contributed by atoms with Crippen LogP contribution in [0.15, 0.2) is 42.5 Å². The van der Waals surface area contributed by atoms with Gasteiger partial charge in [0.15, 0.2) is 9.84 Å². The van der Waals surface area contributed by atoms with Crippen LogP contribution < -0.4 is 10.1 Å². The molecular formula is C27H32FN3O5S. The predicted molar refractivity (Wildman–Crippen MR) is 142 cm³/mol. The average Bonchev–Trinajstić information content (AvgIpc) is 3.16. The summed E-state index contributed by atoms with van der Waals surface area (Å²) in [6, 6.07) is 11.4. The molecule has 0 aliphatic carbocycles. The molecule has 10 heteroatoms. The van der Waals surface area contributed by atoms with Crippen molar-refractivity contribution in [3.63, 3.8) is 0 Å². The molecular weight excluding hydrogens is 497 g/mol. The first kappa shape index (κ1) is 26.7. The van der Waals surface area contributed by atoms with E-state index in [1.165, 1.54) is 43.7 Å². The number of ether oxygens (including phenoxy) is 2. The lowest BCUT2D eigenvalue weighted by Gasteiger charge is -2.43. The summed E-state index contributed by atoms with van der Waals surface area (Å²) in [5.74, 6) is -0.782. The van der Waals surface area contributed by atoms with Gasteiger partial charge in [-0.3, -0.25) is 5.41 Å². The molecule has 1 atom stereocenters. The van der Waals surface area contributed by atoms with Crippen molar-refractivity contribution in [1.29, 1.82) is 5.41 Å². The molecule has 3 aromatic rings. The second-order valence-electron chi connectivity index (χ2n) is 11.0. The fraction of sp³-hybridized carbons (Fsp3) is 0.407. The number of aromatic nitrogens is 1. The number of fused-ring (bicyclic) bond motifs is 1. The number of carbonyl (C=O) groups excluding carboxylic acids is 1. The highest BCUT2D eigenvalue weighted by molar-refractivity contribution is 7.93. The summed E-state index contributed by atoms with van der Waals surface area (Å²) in [6.45, 7) is 9.75. The predicted octanol–water partition coefficient (Wildman–Crippen LogP) is 5.23. The van der Waals surface area contributed by atoms with Crippen LogP contribution in [0.3, 0.4) is 0 Å². The van der Waals surface area contributed by atoms with Crippen LogP contribution >= 0.6 is 0 Å². The smallest absolute Gasteiger partial charge is 0.419 e. The molecule has 1 saturated heterocycles. The molecule has 0 bridgehead atoms. The number of amidine groups is 1. The Balaban J connectivity index is 1.94. The molecule has 0 spiro atoms. The lowest BCUT2D eigenvalue weighted by atomic mass is 9.90. The van der Waals surface area contributed by atoms with Gasteiger partial charge in [-0.25, -0.2) is 22.2 Å². The zero-order valence-corrected chi connectivity index (χ0v) is 22.8. The molecule has 2 aromatic carbocycles. The third-order valence-corrected chi connectivity index (χ3v) is 9.42. The summed E-state index contributed by atoms with van der Waals surface area (Å²) in [5.41, 5.74) is -0.714. The van der Waals surface area contributed by atoms with Crippen molar-refractivity contribution in [2.75, 3.05) is 12.9 Å². The monoisotopic (exact) mass is 529 g/mol. The first-order valence-corrected chi connectivity index (χ1v) is 13.5. The Morgan fingerprint density at radius 3 is 2.41 bits per heavy atom. The van der Waals surface area contributed by atoms with E-state index in [-0.39, 0.29) is 11.4 Å². The van der Waals surface area contributed by atoms with Crippen LogP contribution in [0.5, 0.6) is 5.75 Å². The second-order valence-corrected chi connectivity index (χ2v) is 13.6. The number of halogens is 1. The summed E-state index contributed by atoms with van der Waals surface area (Å²) >= 11 is 0.